The van der Waals surface area contributed by atoms with Gasteiger partial charge in [0.25, 0.3) is 0 Å². The number of carbonyl (C=O) groups is 2. The number of nitriles is 1. The highest BCUT2D eigenvalue weighted by molar-refractivity contribution is 6.06. The van der Waals surface area contributed by atoms with Crippen LogP contribution in [0.3, 0.4) is 0 Å². The first-order valence-corrected chi connectivity index (χ1v) is 12.1. The Morgan fingerprint density at radius 1 is 1.12 bits per heavy atom. The van der Waals surface area contributed by atoms with Gasteiger partial charge in [-0.05, 0) is 93.7 Å². The molecule has 7 heteroatoms. The van der Waals surface area contributed by atoms with Crippen molar-refractivity contribution in [1.29, 1.82) is 5.26 Å². The molecule has 0 radical (unpaired) electrons. The highest BCUT2D eigenvalue weighted by Gasteiger charge is 2.48. The van der Waals surface area contributed by atoms with E-state index in [9.17, 15) is 14.9 Å². The average Bonchev–Trinajstić information content (AvgIpc) is 3.10. The molecule has 3 heterocycles. The average molecular weight is 459 g/mol. The van der Waals surface area contributed by atoms with Crippen LogP contribution < -0.4 is 15.0 Å². The summed E-state index contributed by atoms with van der Waals surface area (Å²) in [7, 11) is 0. The van der Waals surface area contributed by atoms with Crippen LogP contribution in [0.25, 0.3) is 0 Å². The standard InChI is InChI=1S/C27H30N4O3/c1-18(2)31-24-7-5-21(16-20(24)4-8-25(31)32)34-14-13-30-11-9-27(10-12-30)22-15-19(17-28)3-6-23(22)29-26(27)33/h3,5-7,15-16,18H,4,8-14H2,1-2H3,(H,29,33). The molecule has 0 unspecified atom stereocenters. The number of anilines is 2. The lowest BCUT2D eigenvalue weighted by atomic mass is 9.73. The lowest BCUT2D eigenvalue weighted by Gasteiger charge is -2.38. The molecule has 1 spiro atoms. The van der Waals surface area contributed by atoms with Crippen molar-refractivity contribution in [3.8, 4) is 11.8 Å². The summed E-state index contributed by atoms with van der Waals surface area (Å²) in [5.41, 5.74) is 4.03. The zero-order valence-corrected chi connectivity index (χ0v) is 19.8. The van der Waals surface area contributed by atoms with E-state index in [1.54, 1.807) is 6.07 Å². The van der Waals surface area contributed by atoms with Gasteiger partial charge in [0, 0.05) is 30.4 Å². The number of piperidine rings is 1. The van der Waals surface area contributed by atoms with Crippen molar-refractivity contribution >= 4 is 23.2 Å². The van der Waals surface area contributed by atoms with E-state index >= 15 is 0 Å². The molecule has 3 aliphatic heterocycles. The number of benzene rings is 2. The molecular formula is C27H30N4O3. The fourth-order valence-corrected chi connectivity index (χ4v) is 5.58. The number of nitrogens with one attached hydrogen (secondary N) is 1. The molecule has 0 bridgehead atoms. The summed E-state index contributed by atoms with van der Waals surface area (Å²) in [5, 5.41) is 12.3. The van der Waals surface area contributed by atoms with Gasteiger partial charge in [0.1, 0.15) is 12.4 Å². The first kappa shape index (κ1) is 22.4. The Labute approximate surface area is 200 Å². The molecule has 0 aromatic heterocycles. The van der Waals surface area contributed by atoms with Crippen LogP contribution in [-0.4, -0.2) is 49.0 Å². The minimum Gasteiger partial charge on any atom is -0.492 e. The topological polar surface area (TPSA) is 85.7 Å². The maximum absolute atomic E-state index is 12.9. The van der Waals surface area contributed by atoms with Crippen LogP contribution in [0.2, 0.25) is 0 Å². The Morgan fingerprint density at radius 2 is 1.91 bits per heavy atom. The maximum Gasteiger partial charge on any atom is 0.235 e. The number of ether oxygens (including phenoxy) is 1. The fourth-order valence-electron chi connectivity index (χ4n) is 5.58. The fraction of sp³-hybridized carbons (Fsp3) is 0.444. The Morgan fingerprint density at radius 3 is 2.65 bits per heavy atom. The Bertz CT molecular complexity index is 1170. The number of rotatable bonds is 5. The van der Waals surface area contributed by atoms with Crippen LogP contribution in [-0.2, 0) is 21.4 Å². The van der Waals surface area contributed by atoms with Gasteiger partial charge in [-0.25, -0.2) is 0 Å². The molecule has 5 rings (SSSR count). The van der Waals surface area contributed by atoms with Gasteiger partial charge in [-0.3, -0.25) is 14.5 Å². The molecule has 1 N–H and O–H groups in total. The Hall–Kier alpha value is -3.37. The number of carbonyl (C=O) groups excluding carboxylic acids is 2. The van der Waals surface area contributed by atoms with Crippen molar-refractivity contribution in [2.75, 3.05) is 36.5 Å². The second-order valence-electron chi connectivity index (χ2n) is 9.75. The molecule has 0 atom stereocenters. The molecule has 34 heavy (non-hydrogen) atoms. The van der Waals surface area contributed by atoms with Gasteiger partial charge in [0.05, 0.1) is 17.0 Å². The van der Waals surface area contributed by atoms with Crippen molar-refractivity contribution in [2.24, 2.45) is 0 Å². The van der Waals surface area contributed by atoms with E-state index in [1.807, 2.05) is 43.0 Å². The van der Waals surface area contributed by atoms with Gasteiger partial charge >= 0.3 is 0 Å². The van der Waals surface area contributed by atoms with E-state index in [-0.39, 0.29) is 17.9 Å². The number of hydrogen-bond acceptors (Lipinski definition) is 5. The maximum atomic E-state index is 12.9. The number of fused-ring (bicyclic) bond motifs is 3. The van der Waals surface area contributed by atoms with Crippen molar-refractivity contribution in [3.05, 3.63) is 53.1 Å². The summed E-state index contributed by atoms with van der Waals surface area (Å²) in [5.74, 6) is 1.07. The summed E-state index contributed by atoms with van der Waals surface area (Å²) in [6, 6.07) is 13.8. The number of likely N-dealkylation sites (tertiary alicyclic amines) is 1. The number of amides is 2. The minimum atomic E-state index is -0.530. The summed E-state index contributed by atoms with van der Waals surface area (Å²) < 4.78 is 6.06. The van der Waals surface area contributed by atoms with Crippen molar-refractivity contribution < 1.29 is 14.3 Å². The predicted molar refractivity (Wildman–Crippen MR) is 130 cm³/mol. The Kier molecular flexibility index (Phi) is 5.78. The SMILES string of the molecule is CC(C)N1C(=O)CCc2cc(OCCN3CCC4(CC3)C(=O)Nc3ccc(C#N)cc34)ccc21. The summed E-state index contributed by atoms with van der Waals surface area (Å²) in [6.07, 6.45) is 2.76. The van der Waals surface area contributed by atoms with Gasteiger partial charge in [0.2, 0.25) is 11.8 Å². The van der Waals surface area contributed by atoms with Crippen LogP contribution >= 0.6 is 0 Å². The highest BCUT2D eigenvalue weighted by Crippen LogP contribution is 2.45. The third-order valence-electron chi connectivity index (χ3n) is 7.44. The lowest BCUT2D eigenvalue weighted by molar-refractivity contribution is -0.122. The monoisotopic (exact) mass is 458 g/mol. The Balaban J connectivity index is 1.18. The molecule has 3 aliphatic rings. The van der Waals surface area contributed by atoms with Gasteiger partial charge in [-0.1, -0.05) is 0 Å². The molecule has 1 saturated heterocycles. The molecule has 7 nitrogen and oxygen atoms in total. The van der Waals surface area contributed by atoms with Gasteiger partial charge in [0.15, 0.2) is 0 Å². The van der Waals surface area contributed by atoms with E-state index in [4.69, 9.17) is 4.74 Å². The van der Waals surface area contributed by atoms with Gasteiger partial charge in [-0.15, -0.1) is 0 Å². The first-order valence-electron chi connectivity index (χ1n) is 12.1. The van der Waals surface area contributed by atoms with Crippen molar-refractivity contribution in [1.82, 2.24) is 4.90 Å². The summed E-state index contributed by atoms with van der Waals surface area (Å²) in [6.45, 7) is 7.05. The molecule has 2 aromatic carbocycles. The molecule has 1 fully saturated rings. The van der Waals surface area contributed by atoms with E-state index in [1.165, 1.54) is 0 Å². The quantitative estimate of drug-likeness (QED) is 0.740. The zero-order chi connectivity index (χ0) is 23.9. The summed E-state index contributed by atoms with van der Waals surface area (Å²) in [4.78, 5) is 29.4. The van der Waals surface area contributed by atoms with Crippen LogP contribution in [0.1, 0.15) is 49.8 Å². The second kappa shape index (κ2) is 8.77. The van der Waals surface area contributed by atoms with E-state index < -0.39 is 5.41 Å². The third kappa shape index (κ3) is 3.82. The van der Waals surface area contributed by atoms with Crippen molar-refractivity contribution in [3.63, 3.8) is 0 Å². The lowest BCUT2D eigenvalue weighted by Crippen LogP contribution is -2.47. The predicted octanol–water partition coefficient (Wildman–Crippen LogP) is 3.61. The first-order chi connectivity index (χ1) is 16.4. The van der Waals surface area contributed by atoms with Gasteiger partial charge < -0.3 is 15.0 Å². The second-order valence-corrected chi connectivity index (χ2v) is 9.75. The van der Waals surface area contributed by atoms with Crippen LogP contribution in [0.15, 0.2) is 36.4 Å². The van der Waals surface area contributed by atoms with Gasteiger partial charge in [-0.2, -0.15) is 5.26 Å². The molecule has 2 aromatic rings. The van der Waals surface area contributed by atoms with E-state index in [0.29, 0.717) is 18.6 Å². The largest absolute Gasteiger partial charge is 0.492 e. The molecular weight excluding hydrogens is 428 g/mol. The molecule has 0 aliphatic carbocycles. The number of hydrogen-bond donors (Lipinski definition) is 1. The number of aryl methyl sites for hydroxylation is 1. The molecule has 2 amide bonds. The van der Waals surface area contributed by atoms with Crippen LogP contribution in [0.5, 0.6) is 5.75 Å². The summed E-state index contributed by atoms with van der Waals surface area (Å²) >= 11 is 0. The van der Waals surface area contributed by atoms with E-state index in [2.05, 4.69) is 22.4 Å². The highest BCUT2D eigenvalue weighted by atomic mass is 16.5. The zero-order valence-electron chi connectivity index (χ0n) is 19.8. The molecule has 0 saturated carbocycles. The number of nitrogens with zero attached hydrogens (tertiary/aromatic N) is 3. The van der Waals surface area contributed by atoms with Crippen LogP contribution in [0.4, 0.5) is 11.4 Å². The third-order valence-corrected chi connectivity index (χ3v) is 7.44. The van der Waals surface area contributed by atoms with Crippen molar-refractivity contribution in [2.45, 2.75) is 51.0 Å². The smallest absolute Gasteiger partial charge is 0.235 e. The van der Waals surface area contributed by atoms with Crippen LogP contribution in [0, 0.1) is 11.3 Å². The van der Waals surface area contributed by atoms with E-state index in [0.717, 1.165) is 67.1 Å². The normalized spacial score (nSPS) is 19.1. The minimum absolute atomic E-state index is 0.0523. The molecule has 176 valence electrons.